The van der Waals surface area contributed by atoms with Gasteiger partial charge in [-0.05, 0) is 19.1 Å². The van der Waals surface area contributed by atoms with Crippen molar-refractivity contribution < 1.29 is 14.6 Å². The zero-order valence-corrected chi connectivity index (χ0v) is 8.82. The predicted molar refractivity (Wildman–Crippen MR) is 56.6 cm³/mol. The van der Waals surface area contributed by atoms with E-state index < -0.39 is 5.97 Å². The number of ether oxygens (including phenoxy) is 1. The van der Waals surface area contributed by atoms with Crippen LogP contribution in [-0.4, -0.2) is 36.1 Å². The van der Waals surface area contributed by atoms with E-state index in [2.05, 4.69) is 17.2 Å². The molecule has 0 aliphatic heterocycles. The zero-order valence-electron chi connectivity index (χ0n) is 8.00. The fraction of sp³-hybridized carbons (Fsp3) is 0.500. The van der Waals surface area contributed by atoms with Crippen LogP contribution in [0.4, 0.5) is 0 Å². The van der Waals surface area contributed by atoms with E-state index in [4.69, 9.17) is 22.1 Å². The van der Waals surface area contributed by atoms with Gasteiger partial charge in [-0.15, -0.1) is 0 Å². The number of esters is 1. The summed E-state index contributed by atoms with van der Waals surface area (Å²) in [5.41, 5.74) is 0.362. The lowest BCUT2D eigenvalue weighted by molar-refractivity contribution is -0.138. The van der Waals surface area contributed by atoms with Crippen molar-refractivity contribution in [2.75, 3.05) is 19.9 Å². The second-order valence-electron chi connectivity index (χ2n) is 2.51. The first-order chi connectivity index (χ1) is 6.57. The molecular weight excluding hydrogens is 204 g/mol. The topological polar surface area (TPSA) is 70.6 Å². The van der Waals surface area contributed by atoms with Crippen LogP contribution in [0.3, 0.4) is 0 Å². The number of hydrogen-bond donors (Lipinski definition) is 3. The molecule has 0 aromatic carbocycles. The van der Waals surface area contributed by atoms with Crippen LogP contribution < -0.4 is 10.6 Å². The van der Waals surface area contributed by atoms with E-state index >= 15 is 0 Å². The lowest BCUT2D eigenvalue weighted by Crippen LogP contribution is -2.37. The highest BCUT2D eigenvalue weighted by molar-refractivity contribution is 7.80. The van der Waals surface area contributed by atoms with Gasteiger partial charge >= 0.3 is 5.97 Å². The van der Waals surface area contributed by atoms with Crippen molar-refractivity contribution in [1.82, 2.24) is 10.6 Å². The molecule has 0 aromatic rings. The van der Waals surface area contributed by atoms with Crippen molar-refractivity contribution in [3.63, 3.8) is 0 Å². The average molecular weight is 218 g/mol. The van der Waals surface area contributed by atoms with Crippen LogP contribution in [0.15, 0.2) is 12.2 Å². The minimum absolute atomic E-state index is 0.207. The Hall–Kier alpha value is -1.14. The van der Waals surface area contributed by atoms with Crippen molar-refractivity contribution >= 4 is 23.3 Å². The van der Waals surface area contributed by atoms with Crippen molar-refractivity contribution in [2.45, 2.75) is 6.92 Å². The van der Waals surface area contributed by atoms with Crippen molar-refractivity contribution in [1.29, 1.82) is 0 Å². The molecule has 14 heavy (non-hydrogen) atoms. The van der Waals surface area contributed by atoms with Crippen molar-refractivity contribution in [2.24, 2.45) is 0 Å². The van der Waals surface area contributed by atoms with Gasteiger partial charge in [0, 0.05) is 5.57 Å². The van der Waals surface area contributed by atoms with Gasteiger partial charge < -0.3 is 20.5 Å². The van der Waals surface area contributed by atoms with Gasteiger partial charge in [0.15, 0.2) is 5.11 Å². The molecule has 80 valence electrons. The zero-order chi connectivity index (χ0) is 11.0. The Morgan fingerprint density at radius 1 is 1.57 bits per heavy atom. The normalized spacial score (nSPS) is 9.00. The second-order valence-corrected chi connectivity index (χ2v) is 2.92. The van der Waals surface area contributed by atoms with E-state index in [1.165, 1.54) is 0 Å². The van der Waals surface area contributed by atoms with Gasteiger partial charge in [-0.1, -0.05) is 6.58 Å². The monoisotopic (exact) mass is 218 g/mol. The molecule has 6 heteroatoms. The smallest absolute Gasteiger partial charge is 0.333 e. The summed E-state index contributed by atoms with van der Waals surface area (Å²) in [6.45, 7) is 5.39. The van der Waals surface area contributed by atoms with Crippen LogP contribution in [0.2, 0.25) is 0 Å². The predicted octanol–water partition coefficient (Wildman–Crippen LogP) is -0.480. The van der Waals surface area contributed by atoms with Gasteiger partial charge in [-0.2, -0.15) is 0 Å². The lowest BCUT2D eigenvalue weighted by Gasteiger charge is -2.08. The Kier molecular flexibility index (Phi) is 6.69. The highest BCUT2D eigenvalue weighted by Gasteiger charge is 2.01. The molecule has 0 aliphatic carbocycles. The van der Waals surface area contributed by atoms with E-state index in [1.54, 1.807) is 6.92 Å². The van der Waals surface area contributed by atoms with Gasteiger partial charge in [0.1, 0.15) is 13.3 Å². The third kappa shape index (κ3) is 6.38. The number of thiocarbonyl (C=S) groups is 1. The maximum absolute atomic E-state index is 10.9. The van der Waals surface area contributed by atoms with E-state index in [0.717, 1.165) is 0 Å². The fourth-order valence-electron chi connectivity index (χ4n) is 0.566. The number of nitrogens with one attached hydrogen (secondary N) is 2. The summed E-state index contributed by atoms with van der Waals surface area (Å²) in [6.07, 6.45) is 0. The molecule has 0 aromatic heterocycles. The third-order valence-corrected chi connectivity index (χ3v) is 1.50. The van der Waals surface area contributed by atoms with Gasteiger partial charge in [0.25, 0.3) is 0 Å². The lowest BCUT2D eigenvalue weighted by atomic mass is 10.4. The highest BCUT2D eigenvalue weighted by Crippen LogP contribution is 1.90. The minimum Gasteiger partial charge on any atom is -0.460 e. The molecule has 5 nitrogen and oxygen atoms in total. The fourth-order valence-corrected chi connectivity index (χ4v) is 0.732. The van der Waals surface area contributed by atoms with E-state index in [-0.39, 0.29) is 13.3 Å². The first kappa shape index (κ1) is 12.9. The maximum atomic E-state index is 10.9. The van der Waals surface area contributed by atoms with Gasteiger partial charge in [0.2, 0.25) is 0 Å². The van der Waals surface area contributed by atoms with Crippen molar-refractivity contribution in [3.8, 4) is 0 Å². The van der Waals surface area contributed by atoms with Crippen molar-refractivity contribution in [3.05, 3.63) is 12.2 Å². The Balaban J connectivity index is 3.42. The Morgan fingerprint density at radius 2 is 2.21 bits per heavy atom. The number of hydrogen-bond acceptors (Lipinski definition) is 4. The van der Waals surface area contributed by atoms with E-state index in [0.29, 0.717) is 17.2 Å². The summed E-state index contributed by atoms with van der Waals surface area (Å²) in [7, 11) is 0. The van der Waals surface area contributed by atoms with Crippen LogP contribution in [0.5, 0.6) is 0 Å². The van der Waals surface area contributed by atoms with Crippen LogP contribution >= 0.6 is 12.2 Å². The molecule has 0 rings (SSSR count). The SMILES string of the molecule is C=C(C)C(=O)OCCNC(=S)NCO. The summed E-state index contributed by atoms with van der Waals surface area (Å²) in [5.74, 6) is -0.423. The minimum atomic E-state index is -0.423. The molecule has 0 unspecified atom stereocenters. The average Bonchev–Trinajstić information content (AvgIpc) is 2.12. The van der Waals surface area contributed by atoms with Crippen LogP contribution in [0.1, 0.15) is 6.92 Å². The molecule has 0 spiro atoms. The van der Waals surface area contributed by atoms with Crippen LogP contribution in [-0.2, 0) is 9.53 Å². The Labute approximate surface area is 88.1 Å². The third-order valence-electron chi connectivity index (χ3n) is 1.21. The molecule has 0 atom stereocenters. The number of aliphatic hydroxyl groups excluding tert-OH is 1. The molecule has 0 saturated heterocycles. The van der Waals surface area contributed by atoms with Gasteiger partial charge in [-0.25, -0.2) is 4.79 Å². The van der Waals surface area contributed by atoms with Gasteiger partial charge in [0.05, 0.1) is 6.54 Å². The van der Waals surface area contributed by atoms with E-state index in [9.17, 15) is 4.79 Å². The van der Waals surface area contributed by atoms with Crippen LogP contribution in [0.25, 0.3) is 0 Å². The molecule has 0 heterocycles. The maximum Gasteiger partial charge on any atom is 0.333 e. The molecule has 3 N–H and O–H groups in total. The molecule has 0 amide bonds. The first-order valence-corrected chi connectivity index (χ1v) is 4.44. The summed E-state index contributed by atoms with van der Waals surface area (Å²) < 4.78 is 4.78. The molecule has 0 radical (unpaired) electrons. The summed E-state index contributed by atoms with van der Waals surface area (Å²) in [5, 5.41) is 13.9. The number of aliphatic hydroxyl groups is 1. The summed E-state index contributed by atoms with van der Waals surface area (Å²) >= 11 is 4.74. The van der Waals surface area contributed by atoms with Crippen LogP contribution in [0, 0.1) is 0 Å². The second kappa shape index (κ2) is 7.28. The molecule has 0 fully saturated rings. The quantitative estimate of drug-likeness (QED) is 0.190. The first-order valence-electron chi connectivity index (χ1n) is 4.03. The number of carbonyl (C=O) groups is 1. The Morgan fingerprint density at radius 3 is 2.71 bits per heavy atom. The standard InChI is InChI=1S/C8H14N2O3S/c1-6(2)7(12)13-4-3-9-8(14)10-5-11/h11H,1,3-5H2,2H3,(H2,9,10,14). The molecule has 0 bridgehead atoms. The molecule has 0 aliphatic rings. The number of rotatable bonds is 5. The van der Waals surface area contributed by atoms with E-state index in [1.807, 2.05) is 0 Å². The highest BCUT2D eigenvalue weighted by atomic mass is 32.1. The number of carbonyl (C=O) groups excluding carboxylic acids is 1. The summed E-state index contributed by atoms with van der Waals surface area (Å²) in [6, 6.07) is 0. The molecule has 0 saturated carbocycles. The molecular formula is C8H14N2O3S. The summed E-state index contributed by atoms with van der Waals surface area (Å²) in [4.78, 5) is 10.9. The Bertz CT molecular complexity index is 231. The van der Waals surface area contributed by atoms with Gasteiger partial charge in [-0.3, -0.25) is 0 Å². The largest absolute Gasteiger partial charge is 0.460 e.